The van der Waals surface area contributed by atoms with E-state index < -0.39 is 0 Å². The molecular formula is C37H48N2O5. The molecule has 3 aromatic rings. The molecule has 44 heavy (non-hydrogen) atoms. The van der Waals surface area contributed by atoms with E-state index in [-0.39, 0.29) is 12.0 Å². The van der Waals surface area contributed by atoms with Gasteiger partial charge in [0.15, 0.2) is 0 Å². The number of aryl methyl sites for hydroxylation is 2. The number of benzene rings is 3. The lowest BCUT2D eigenvalue weighted by Crippen LogP contribution is -2.41. The van der Waals surface area contributed by atoms with Crippen LogP contribution < -0.4 is 19.7 Å². The molecule has 2 aliphatic rings. The van der Waals surface area contributed by atoms with E-state index in [4.69, 9.17) is 18.9 Å². The Bertz CT molecular complexity index is 1330. The highest BCUT2D eigenvalue weighted by Crippen LogP contribution is 2.32. The summed E-state index contributed by atoms with van der Waals surface area (Å²) < 4.78 is 23.8. The maximum absolute atomic E-state index is 12.7. The van der Waals surface area contributed by atoms with Gasteiger partial charge in [-0.2, -0.15) is 0 Å². The van der Waals surface area contributed by atoms with Crippen molar-refractivity contribution in [1.82, 2.24) is 5.32 Å². The van der Waals surface area contributed by atoms with Crippen molar-refractivity contribution in [1.29, 1.82) is 0 Å². The number of nitrogens with zero attached hydrogens (tertiary/aromatic N) is 1. The van der Waals surface area contributed by atoms with Crippen LogP contribution in [0.25, 0.3) is 0 Å². The van der Waals surface area contributed by atoms with Crippen molar-refractivity contribution in [3.8, 4) is 11.5 Å². The van der Waals surface area contributed by atoms with Crippen molar-refractivity contribution in [2.24, 2.45) is 0 Å². The van der Waals surface area contributed by atoms with E-state index in [0.717, 1.165) is 74.4 Å². The summed E-state index contributed by atoms with van der Waals surface area (Å²) in [5, 5.41) is 3.51. The Labute approximate surface area is 262 Å². The van der Waals surface area contributed by atoms with E-state index in [1.807, 2.05) is 17.0 Å². The van der Waals surface area contributed by atoms with Crippen LogP contribution in [0.15, 0.2) is 66.7 Å². The fourth-order valence-electron chi connectivity index (χ4n) is 6.20. The van der Waals surface area contributed by atoms with E-state index in [0.29, 0.717) is 45.3 Å². The molecule has 0 bridgehead atoms. The number of piperidine rings is 1. The van der Waals surface area contributed by atoms with E-state index in [9.17, 15) is 4.79 Å². The summed E-state index contributed by atoms with van der Waals surface area (Å²) in [4.78, 5) is 14.6. The average molecular weight is 601 g/mol. The number of carbonyl (C=O) groups is 1. The largest absolute Gasteiger partial charge is 0.494 e. The van der Waals surface area contributed by atoms with Crippen LogP contribution in [0, 0.1) is 0 Å². The molecule has 2 unspecified atom stereocenters. The predicted octanol–water partition coefficient (Wildman–Crippen LogP) is 6.47. The number of hydrogen-bond donors (Lipinski definition) is 1. The Morgan fingerprint density at radius 1 is 0.909 bits per heavy atom. The van der Waals surface area contributed by atoms with Crippen LogP contribution in [0.1, 0.15) is 67.2 Å². The van der Waals surface area contributed by atoms with Gasteiger partial charge in [-0.1, -0.05) is 49.4 Å². The smallest absolute Gasteiger partial charge is 0.227 e. The zero-order valence-corrected chi connectivity index (χ0v) is 26.4. The Balaban J connectivity index is 1.10. The van der Waals surface area contributed by atoms with Gasteiger partial charge in [0.25, 0.3) is 0 Å². The van der Waals surface area contributed by atoms with E-state index in [1.54, 1.807) is 7.11 Å². The molecule has 3 aromatic carbocycles. The molecule has 7 nitrogen and oxygen atoms in total. The zero-order chi connectivity index (χ0) is 30.6. The SMILES string of the molecule is CCc1ccccc1OCCCCOc1ccc(C2CCNCC2OCc2ccc3c(c2)N(CCCOC)C(=O)CC3)cc1. The highest BCUT2D eigenvalue weighted by molar-refractivity contribution is 5.96. The van der Waals surface area contributed by atoms with Crippen molar-refractivity contribution in [3.63, 3.8) is 0 Å². The fraction of sp³-hybridized carbons (Fsp3) is 0.486. The van der Waals surface area contributed by atoms with Crippen LogP contribution in [0.2, 0.25) is 0 Å². The molecule has 0 aliphatic carbocycles. The molecule has 236 valence electrons. The summed E-state index contributed by atoms with van der Waals surface area (Å²) in [7, 11) is 1.70. The second-order valence-corrected chi connectivity index (χ2v) is 11.7. The van der Waals surface area contributed by atoms with Gasteiger partial charge in [-0.15, -0.1) is 0 Å². The van der Waals surface area contributed by atoms with Crippen molar-refractivity contribution in [2.75, 3.05) is 51.5 Å². The lowest BCUT2D eigenvalue weighted by Gasteiger charge is -2.33. The lowest BCUT2D eigenvalue weighted by molar-refractivity contribution is -0.118. The maximum Gasteiger partial charge on any atom is 0.227 e. The first kappa shape index (κ1) is 32.0. The van der Waals surface area contributed by atoms with Crippen molar-refractivity contribution >= 4 is 11.6 Å². The van der Waals surface area contributed by atoms with Crippen LogP contribution in [0.5, 0.6) is 11.5 Å². The number of rotatable bonds is 16. The van der Waals surface area contributed by atoms with Crippen LogP contribution in [0.3, 0.4) is 0 Å². The Morgan fingerprint density at radius 3 is 2.55 bits per heavy atom. The van der Waals surface area contributed by atoms with Crippen LogP contribution in [-0.4, -0.2) is 58.6 Å². The second kappa shape index (κ2) is 16.6. The molecule has 5 rings (SSSR count). The minimum absolute atomic E-state index is 0.0730. The van der Waals surface area contributed by atoms with Gasteiger partial charge < -0.3 is 29.2 Å². The molecule has 1 N–H and O–H groups in total. The first-order chi connectivity index (χ1) is 21.7. The molecular weight excluding hydrogens is 552 g/mol. The standard InChI is InChI=1S/C37H48N2O5/c1-3-29-9-4-5-10-35(29)43-24-7-6-23-42-32-16-13-30(14-17-32)33-19-20-38-26-36(33)44-27-28-11-12-31-15-18-37(40)39(34(31)25-28)21-8-22-41-2/h4-5,9-14,16-17,25,33,36,38H,3,6-8,15,18-24,26-27H2,1-2H3. The Hall–Kier alpha value is -3.39. The number of hydrogen-bond acceptors (Lipinski definition) is 6. The highest BCUT2D eigenvalue weighted by atomic mass is 16.5. The van der Waals surface area contributed by atoms with Gasteiger partial charge in [0.1, 0.15) is 11.5 Å². The highest BCUT2D eigenvalue weighted by Gasteiger charge is 2.28. The van der Waals surface area contributed by atoms with Crippen molar-refractivity contribution in [3.05, 3.63) is 89.0 Å². The third kappa shape index (κ3) is 8.62. The number of nitrogens with one attached hydrogen (secondary N) is 1. The second-order valence-electron chi connectivity index (χ2n) is 11.7. The zero-order valence-electron chi connectivity index (χ0n) is 26.4. The maximum atomic E-state index is 12.7. The molecule has 0 saturated carbocycles. The molecule has 1 fully saturated rings. The molecule has 0 radical (unpaired) electrons. The Morgan fingerprint density at radius 2 is 1.73 bits per heavy atom. The summed E-state index contributed by atoms with van der Waals surface area (Å²) in [5.41, 5.74) is 5.90. The molecule has 0 aromatic heterocycles. The van der Waals surface area contributed by atoms with E-state index in [1.165, 1.54) is 16.7 Å². The number of fused-ring (bicyclic) bond motifs is 1. The molecule has 2 atom stereocenters. The van der Waals surface area contributed by atoms with E-state index >= 15 is 0 Å². The number of anilines is 1. The number of ether oxygens (including phenoxy) is 4. The fourth-order valence-corrected chi connectivity index (χ4v) is 6.20. The predicted molar refractivity (Wildman–Crippen MR) is 175 cm³/mol. The van der Waals surface area contributed by atoms with Gasteiger partial charge in [-0.05, 0) is 91.6 Å². The third-order valence-electron chi connectivity index (χ3n) is 8.70. The van der Waals surface area contributed by atoms with E-state index in [2.05, 4.69) is 66.8 Å². The lowest BCUT2D eigenvalue weighted by atomic mass is 9.87. The van der Waals surface area contributed by atoms with Gasteiger partial charge in [0.05, 0.1) is 25.9 Å². The van der Waals surface area contributed by atoms with Crippen LogP contribution >= 0.6 is 0 Å². The Kier molecular flexibility index (Phi) is 12.1. The molecule has 1 saturated heterocycles. The molecule has 7 heteroatoms. The number of unbranched alkanes of at least 4 members (excludes halogenated alkanes) is 1. The van der Waals surface area contributed by atoms with Gasteiger partial charge in [0.2, 0.25) is 5.91 Å². The first-order valence-corrected chi connectivity index (χ1v) is 16.3. The summed E-state index contributed by atoms with van der Waals surface area (Å²) in [6.07, 6.45) is 6.17. The van der Waals surface area contributed by atoms with Gasteiger partial charge >= 0.3 is 0 Å². The average Bonchev–Trinajstić information content (AvgIpc) is 3.07. The number of carbonyl (C=O) groups excluding carboxylic acids is 1. The minimum atomic E-state index is 0.0730. The minimum Gasteiger partial charge on any atom is -0.494 e. The van der Waals surface area contributed by atoms with Crippen LogP contribution in [-0.2, 0) is 33.7 Å². The molecule has 2 aliphatic heterocycles. The summed E-state index contributed by atoms with van der Waals surface area (Å²) in [5.74, 6) is 2.40. The molecule has 0 spiro atoms. The monoisotopic (exact) mass is 600 g/mol. The van der Waals surface area contributed by atoms with Gasteiger partial charge in [-0.3, -0.25) is 4.79 Å². The normalized spacial score (nSPS) is 18.2. The summed E-state index contributed by atoms with van der Waals surface area (Å²) >= 11 is 0. The number of para-hydroxylation sites is 1. The number of methoxy groups -OCH3 is 1. The number of amides is 1. The summed E-state index contributed by atoms with van der Waals surface area (Å²) in [6, 6.07) is 23.3. The quantitative estimate of drug-likeness (QED) is 0.190. The van der Waals surface area contributed by atoms with Crippen molar-refractivity contribution in [2.45, 2.75) is 70.5 Å². The topological polar surface area (TPSA) is 69.3 Å². The van der Waals surface area contributed by atoms with Gasteiger partial charge in [0, 0.05) is 44.8 Å². The third-order valence-corrected chi connectivity index (χ3v) is 8.70. The van der Waals surface area contributed by atoms with Crippen LogP contribution in [0.4, 0.5) is 5.69 Å². The first-order valence-electron chi connectivity index (χ1n) is 16.3. The van der Waals surface area contributed by atoms with Gasteiger partial charge in [-0.25, -0.2) is 0 Å². The molecule has 1 amide bonds. The summed E-state index contributed by atoms with van der Waals surface area (Å²) in [6.45, 7) is 7.17. The van der Waals surface area contributed by atoms with Crippen molar-refractivity contribution < 1.29 is 23.7 Å². The molecule has 2 heterocycles.